The van der Waals surface area contributed by atoms with Crippen molar-refractivity contribution in [3.63, 3.8) is 0 Å². The molecule has 3 aromatic carbocycles. The second-order valence-corrected chi connectivity index (χ2v) is 9.79. The molecule has 0 fully saturated rings. The fourth-order valence-corrected chi connectivity index (χ4v) is 4.25. The zero-order valence-electron chi connectivity index (χ0n) is 23.0. The van der Waals surface area contributed by atoms with Crippen molar-refractivity contribution in [3.05, 3.63) is 87.5 Å². The molecular weight excluding hydrogens is 639 g/mol. The lowest BCUT2D eigenvalue weighted by molar-refractivity contribution is -0.136. The predicted octanol–water partition coefficient (Wildman–Crippen LogP) is 4.98. The van der Waals surface area contributed by atoms with E-state index in [1.54, 1.807) is 42.5 Å². The number of hydrazone groups is 1. The van der Waals surface area contributed by atoms with Crippen LogP contribution in [0, 0.1) is 17.4 Å². The smallest absolute Gasteiger partial charge is 0.329 e. The van der Waals surface area contributed by atoms with Crippen molar-refractivity contribution in [1.82, 2.24) is 5.43 Å². The lowest BCUT2D eigenvalue weighted by Gasteiger charge is -2.15. The van der Waals surface area contributed by atoms with E-state index in [2.05, 4.69) is 50.3 Å². The molecule has 10 nitrogen and oxygen atoms in total. The van der Waals surface area contributed by atoms with Crippen LogP contribution in [-0.2, 0) is 14.4 Å². The summed E-state index contributed by atoms with van der Waals surface area (Å²) in [5.74, 6) is -0.706. The zero-order valence-corrected chi connectivity index (χ0v) is 25.1. The standard InChI is InChI=1S/C30H31IN4O6/c1-5-14-40-23-12-10-22(11-13-23)33-29(37)30(38)35-32-17-21-15-24(31)28(26(16-21)39-6-2)41-18-27(36)34-25-9-7-8-19(3)20(25)4/h5,7-13,15-17H,1,6,14,18H2,2-4H3,(H,33,37)(H,34,36)(H,35,38)/b32-17-. The molecule has 0 saturated heterocycles. The second-order valence-electron chi connectivity index (χ2n) is 8.62. The summed E-state index contributed by atoms with van der Waals surface area (Å²) in [5, 5.41) is 9.24. The van der Waals surface area contributed by atoms with Gasteiger partial charge in [-0.15, -0.1) is 0 Å². The van der Waals surface area contributed by atoms with Crippen LogP contribution < -0.4 is 30.3 Å². The minimum Gasteiger partial charge on any atom is -0.490 e. The molecule has 0 unspecified atom stereocenters. The average molecular weight is 671 g/mol. The van der Waals surface area contributed by atoms with E-state index in [9.17, 15) is 14.4 Å². The van der Waals surface area contributed by atoms with Crippen LogP contribution in [0.3, 0.4) is 0 Å². The van der Waals surface area contributed by atoms with E-state index in [1.807, 2.05) is 39.0 Å². The molecule has 0 aliphatic carbocycles. The lowest BCUT2D eigenvalue weighted by atomic mass is 10.1. The Kier molecular flexibility index (Phi) is 11.7. The van der Waals surface area contributed by atoms with Crippen molar-refractivity contribution < 1.29 is 28.6 Å². The summed E-state index contributed by atoms with van der Waals surface area (Å²) < 4.78 is 17.6. The van der Waals surface area contributed by atoms with E-state index in [0.717, 1.165) is 16.8 Å². The Morgan fingerprint density at radius 3 is 2.44 bits per heavy atom. The molecule has 0 aliphatic rings. The third-order valence-corrected chi connectivity index (χ3v) is 6.43. The number of halogens is 1. The Labute approximate surface area is 252 Å². The Hall–Kier alpha value is -4.39. The highest BCUT2D eigenvalue weighted by Gasteiger charge is 2.16. The van der Waals surface area contributed by atoms with Crippen LogP contribution in [0.25, 0.3) is 0 Å². The fourth-order valence-electron chi connectivity index (χ4n) is 3.47. The molecule has 41 heavy (non-hydrogen) atoms. The first-order valence-electron chi connectivity index (χ1n) is 12.6. The van der Waals surface area contributed by atoms with Crippen molar-refractivity contribution >= 4 is 57.9 Å². The van der Waals surface area contributed by atoms with Gasteiger partial charge in [-0.05, 0) is 103 Å². The van der Waals surface area contributed by atoms with E-state index < -0.39 is 11.8 Å². The Bertz CT molecular complexity index is 1440. The Morgan fingerprint density at radius 1 is 0.976 bits per heavy atom. The van der Waals surface area contributed by atoms with Crippen molar-refractivity contribution in [2.75, 3.05) is 30.5 Å². The summed E-state index contributed by atoms with van der Waals surface area (Å²) in [4.78, 5) is 37.0. The topological polar surface area (TPSA) is 127 Å². The molecule has 0 aliphatic heterocycles. The van der Waals surface area contributed by atoms with Crippen molar-refractivity contribution in [1.29, 1.82) is 0 Å². The summed E-state index contributed by atoms with van der Waals surface area (Å²) in [7, 11) is 0. The minimum absolute atomic E-state index is 0.216. The Morgan fingerprint density at radius 2 is 1.73 bits per heavy atom. The van der Waals surface area contributed by atoms with Crippen molar-refractivity contribution in [3.8, 4) is 17.2 Å². The van der Waals surface area contributed by atoms with Crippen LogP contribution in [0.15, 0.2) is 72.4 Å². The molecule has 0 saturated carbocycles. The number of anilines is 2. The maximum Gasteiger partial charge on any atom is 0.329 e. The van der Waals surface area contributed by atoms with Crippen LogP contribution in [0.5, 0.6) is 17.2 Å². The van der Waals surface area contributed by atoms with E-state index >= 15 is 0 Å². The Balaban J connectivity index is 1.59. The first kappa shape index (κ1) is 31.1. The van der Waals surface area contributed by atoms with Gasteiger partial charge in [0, 0.05) is 11.4 Å². The number of aryl methyl sites for hydroxylation is 1. The predicted molar refractivity (Wildman–Crippen MR) is 167 cm³/mol. The van der Waals surface area contributed by atoms with Gasteiger partial charge in [0.2, 0.25) is 0 Å². The molecule has 0 bridgehead atoms. The monoisotopic (exact) mass is 670 g/mol. The first-order chi connectivity index (χ1) is 19.7. The van der Waals surface area contributed by atoms with Gasteiger partial charge in [-0.1, -0.05) is 24.8 Å². The molecular formula is C30H31IN4O6. The molecule has 3 rings (SSSR count). The minimum atomic E-state index is -0.942. The second kappa shape index (κ2) is 15.4. The number of carbonyl (C=O) groups excluding carboxylic acids is 3. The summed E-state index contributed by atoms with van der Waals surface area (Å²) in [6.45, 7) is 9.83. The van der Waals surface area contributed by atoms with E-state index in [4.69, 9.17) is 14.2 Å². The van der Waals surface area contributed by atoms with Gasteiger partial charge in [0.25, 0.3) is 5.91 Å². The third kappa shape index (κ3) is 9.34. The normalized spacial score (nSPS) is 10.5. The highest BCUT2D eigenvalue weighted by Crippen LogP contribution is 2.34. The molecule has 0 spiro atoms. The summed E-state index contributed by atoms with van der Waals surface area (Å²) in [5.41, 5.74) is 6.00. The van der Waals surface area contributed by atoms with Crippen molar-refractivity contribution in [2.45, 2.75) is 20.8 Å². The molecule has 0 heterocycles. The van der Waals surface area contributed by atoms with Gasteiger partial charge >= 0.3 is 11.8 Å². The maximum atomic E-state index is 12.5. The van der Waals surface area contributed by atoms with E-state index in [-0.39, 0.29) is 12.5 Å². The van der Waals surface area contributed by atoms with Crippen LogP contribution >= 0.6 is 22.6 Å². The molecule has 0 aromatic heterocycles. The summed E-state index contributed by atoms with van der Waals surface area (Å²) in [6.07, 6.45) is 3.00. The van der Waals surface area contributed by atoms with Gasteiger partial charge < -0.3 is 24.8 Å². The van der Waals surface area contributed by atoms with Crippen LogP contribution in [-0.4, -0.2) is 43.8 Å². The van der Waals surface area contributed by atoms with Gasteiger partial charge in [0.15, 0.2) is 18.1 Å². The van der Waals surface area contributed by atoms with Crippen LogP contribution in [0.4, 0.5) is 11.4 Å². The van der Waals surface area contributed by atoms with Crippen molar-refractivity contribution in [2.24, 2.45) is 5.10 Å². The van der Waals surface area contributed by atoms with Crippen LogP contribution in [0.1, 0.15) is 23.6 Å². The van der Waals surface area contributed by atoms with Gasteiger partial charge in [0.05, 0.1) is 16.4 Å². The number of amides is 3. The number of hydrogen-bond acceptors (Lipinski definition) is 7. The number of rotatable bonds is 12. The average Bonchev–Trinajstić information content (AvgIpc) is 2.94. The summed E-state index contributed by atoms with van der Waals surface area (Å²) >= 11 is 2.07. The first-order valence-corrected chi connectivity index (χ1v) is 13.7. The number of benzene rings is 3. The van der Waals surface area contributed by atoms with Gasteiger partial charge in [-0.25, -0.2) is 5.43 Å². The molecule has 214 valence electrons. The molecule has 0 radical (unpaired) electrons. The highest BCUT2D eigenvalue weighted by molar-refractivity contribution is 14.1. The quantitative estimate of drug-likeness (QED) is 0.0821. The number of carbonyl (C=O) groups is 3. The number of hydrogen-bond donors (Lipinski definition) is 3. The third-order valence-electron chi connectivity index (χ3n) is 5.62. The van der Waals surface area contributed by atoms with E-state index in [1.165, 1.54) is 6.21 Å². The number of nitrogens with one attached hydrogen (secondary N) is 3. The fraction of sp³-hybridized carbons (Fsp3) is 0.200. The highest BCUT2D eigenvalue weighted by atomic mass is 127. The van der Waals surface area contributed by atoms with E-state index in [0.29, 0.717) is 45.3 Å². The zero-order chi connectivity index (χ0) is 29.8. The largest absolute Gasteiger partial charge is 0.490 e. The molecule has 3 N–H and O–H groups in total. The van der Waals surface area contributed by atoms with Gasteiger partial charge in [-0.2, -0.15) is 5.10 Å². The van der Waals surface area contributed by atoms with Gasteiger partial charge in [-0.3, -0.25) is 14.4 Å². The number of nitrogens with zero attached hydrogens (tertiary/aromatic N) is 1. The molecule has 0 atom stereocenters. The number of ether oxygens (including phenoxy) is 3. The van der Waals surface area contributed by atoms with Gasteiger partial charge in [0.1, 0.15) is 12.4 Å². The lowest BCUT2D eigenvalue weighted by Crippen LogP contribution is -2.32. The summed E-state index contributed by atoms with van der Waals surface area (Å²) in [6, 6.07) is 15.7. The SMILES string of the molecule is C=CCOc1ccc(NC(=O)C(=O)N/N=C\c2cc(I)c(OCC(=O)Nc3cccc(C)c3C)c(OCC)c2)cc1. The molecule has 3 aromatic rings. The van der Waals surface area contributed by atoms with Crippen LogP contribution in [0.2, 0.25) is 0 Å². The maximum absolute atomic E-state index is 12.5. The molecule has 3 amide bonds. The molecule has 11 heteroatoms.